The van der Waals surface area contributed by atoms with E-state index < -0.39 is 22.6 Å². The number of thiophene rings is 1. The second kappa shape index (κ2) is 8.50. The molecule has 3 rings (SSSR count). The lowest BCUT2D eigenvalue weighted by molar-refractivity contribution is -0.389. The van der Waals surface area contributed by atoms with E-state index in [1.807, 2.05) is 0 Å². The largest absolute Gasteiger partial charge is 0.462 e. The predicted molar refractivity (Wildman–Crippen MR) is 109 cm³/mol. The van der Waals surface area contributed by atoms with Gasteiger partial charge in [0.25, 0.3) is 0 Å². The number of hydrogen-bond donors (Lipinski definition) is 1. The van der Waals surface area contributed by atoms with E-state index in [1.165, 1.54) is 16.0 Å². The zero-order valence-corrected chi connectivity index (χ0v) is 17.9. The summed E-state index contributed by atoms with van der Waals surface area (Å²) in [6, 6.07) is 0. The first-order valence-electron chi connectivity index (χ1n) is 9.21. The van der Waals surface area contributed by atoms with Crippen molar-refractivity contribution in [3.05, 3.63) is 36.8 Å². The Balaban J connectivity index is 1.86. The van der Waals surface area contributed by atoms with Gasteiger partial charge in [0.2, 0.25) is 5.91 Å². The average Bonchev–Trinajstić information content (AvgIpc) is 3.13. The smallest absolute Gasteiger partial charge is 0.408 e. The number of carbonyl (C=O) groups excluding carboxylic acids is 2. The molecule has 1 aliphatic rings. The minimum atomic E-state index is -0.697. The van der Waals surface area contributed by atoms with E-state index in [1.54, 1.807) is 13.8 Å². The lowest BCUT2D eigenvalue weighted by Gasteiger charge is -2.18. The van der Waals surface area contributed by atoms with Gasteiger partial charge in [-0.2, -0.15) is 4.68 Å². The number of halogens is 1. The maximum absolute atomic E-state index is 12.6. The van der Waals surface area contributed by atoms with E-state index in [9.17, 15) is 19.7 Å². The number of rotatable bonds is 6. The van der Waals surface area contributed by atoms with E-state index in [4.69, 9.17) is 16.3 Å². The van der Waals surface area contributed by atoms with Crippen LogP contribution in [0.2, 0.25) is 5.02 Å². The Morgan fingerprint density at radius 2 is 2.21 bits per heavy atom. The molecule has 1 unspecified atom stereocenters. The fourth-order valence-electron chi connectivity index (χ4n) is 3.34. The molecule has 0 aliphatic heterocycles. The van der Waals surface area contributed by atoms with Gasteiger partial charge in [-0.15, -0.1) is 11.3 Å². The minimum Gasteiger partial charge on any atom is -0.462 e. The molecule has 0 aromatic carbocycles. The van der Waals surface area contributed by atoms with Gasteiger partial charge in [-0.1, -0.05) is 18.5 Å². The van der Waals surface area contributed by atoms with Crippen molar-refractivity contribution in [2.75, 3.05) is 11.9 Å². The summed E-state index contributed by atoms with van der Waals surface area (Å²) in [7, 11) is 0. The van der Waals surface area contributed by atoms with Gasteiger partial charge >= 0.3 is 11.8 Å². The molecule has 2 heterocycles. The van der Waals surface area contributed by atoms with Crippen molar-refractivity contribution in [1.29, 1.82) is 0 Å². The van der Waals surface area contributed by atoms with Crippen LogP contribution in [0, 0.1) is 23.0 Å². The summed E-state index contributed by atoms with van der Waals surface area (Å²) in [5.41, 5.74) is 1.67. The number of ether oxygens (including phenoxy) is 1. The van der Waals surface area contributed by atoms with Crippen LogP contribution in [0.4, 0.5) is 10.8 Å². The lowest BCUT2D eigenvalue weighted by Crippen LogP contribution is -2.21. The van der Waals surface area contributed by atoms with Crippen molar-refractivity contribution < 1.29 is 19.2 Å². The molecular weight excluding hydrogens is 420 g/mol. The van der Waals surface area contributed by atoms with Gasteiger partial charge in [-0.25, -0.2) is 4.79 Å². The third-order valence-electron chi connectivity index (χ3n) is 4.83. The van der Waals surface area contributed by atoms with E-state index in [2.05, 4.69) is 17.3 Å². The summed E-state index contributed by atoms with van der Waals surface area (Å²) in [6.45, 7) is 5.41. The van der Waals surface area contributed by atoms with Crippen LogP contribution in [-0.4, -0.2) is 33.2 Å². The minimum absolute atomic E-state index is 0.101. The first-order valence-corrected chi connectivity index (χ1v) is 10.4. The van der Waals surface area contributed by atoms with Gasteiger partial charge in [0, 0.05) is 4.88 Å². The van der Waals surface area contributed by atoms with Crippen LogP contribution in [0.25, 0.3) is 0 Å². The number of amides is 1. The number of aromatic nitrogens is 2. The highest BCUT2D eigenvalue weighted by molar-refractivity contribution is 7.17. The molecule has 2 aromatic rings. The van der Waals surface area contributed by atoms with Gasteiger partial charge in [-0.05, 0) is 49.5 Å². The molecule has 0 radical (unpaired) electrons. The van der Waals surface area contributed by atoms with Crippen LogP contribution in [-0.2, 0) is 28.9 Å². The zero-order chi connectivity index (χ0) is 21.3. The first-order chi connectivity index (χ1) is 13.7. The summed E-state index contributed by atoms with van der Waals surface area (Å²) >= 11 is 7.30. The molecule has 156 valence electrons. The van der Waals surface area contributed by atoms with E-state index in [0.717, 1.165) is 29.7 Å². The summed E-state index contributed by atoms with van der Waals surface area (Å²) in [6.07, 6.45) is 2.58. The Morgan fingerprint density at radius 3 is 2.83 bits per heavy atom. The van der Waals surface area contributed by atoms with Gasteiger partial charge in [-0.3, -0.25) is 4.79 Å². The molecular formula is C18H21ClN4O5S. The summed E-state index contributed by atoms with van der Waals surface area (Å²) in [5, 5.41) is 17.9. The number of fused-ring (bicyclic) bond motifs is 1. The molecule has 1 aliphatic carbocycles. The van der Waals surface area contributed by atoms with Gasteiger partial charge in [0.1, 0.15) is 11.5 Å². The molecule has 29 heavy (non-hydrogen) atoms. The van der Waals surface area contributed by atoms with Crippen molar-refractivity contribution in [1.82, 2.24) is 9.78 Å². The Morgan fingerprint density at radius 1 is 1.48 bits per heavy atom. The van der Waals surface area contributed by atoms with Crippen LogP contribution >= 0.6 is 22.9 Å². The van der Waals surface area contributed by atoms with E-state index in [0.29, 0.717) is 22.2 Å². The van der Waals surface area contributed by atoms with Crippen LogP contribution < -0.4 is 5.32 Å². The Hall–Kier alpha value is -2.46. The highest BCUT2D eigenvalue weighted by atomic mass is 35.5. The number of nitrogens with zero attached hydrogens (tertiary/aromatic N) is 3. The first kappa shape index (κ1) is 21.3. The van der Waals surface area contributed by atoms with Crippen molar-refractivity contribution in [2.24, 2.45) is 5.92 Å². The third-order valence-corrected chi connectivity index (χ3v) is 6.44. The second-order valence-corrected chi connectivity index (χ2v) is 8.45. The highest BCUT2D eigenvalue weighted by Gasteiger charge is 2.30. The summed E-state index contributed by atoms with van der Waals surface area (Å²) < 4.78 is 6.37. The molecule has 0 spiro atoms. The van der Waals surface area contributed by atoms with Crippen molar-refractivity contribution in [2.45, 2.75) is 46.6 Å². The number of esters is 1. The van der Waals surface area contributed by atoms with Crippen LogP contribution in [0.1, 0.15) is 46.8 Å². The fourth-order valence-corrected chi connectivity index (χ4v) is 4.96. The zero-order valence-electron chi connectivity index (χ0n) is 16.3. The number of anilines is 1. The van der Waals surface area contributed by atoms with Crippen LogP contribution in [0.15, 0.2) is 0 Å². The van der Waals surface area contributed by atoms with Crippen LogP contribution in [0.3, 0.4) is 0 Å². The number of nitro groups is 1. The predicted octanol–water partition coefficient (Wildman–Crippen LogP) is 3.75. The molecule has 0 bridgehead atoms. The molecule has 1 amide bonds. The second-order valence-electron chi connectivity index (χ2n) is 6.96. The molecule has 0 saturated heterocycles. The third kappa shape index (κ3) is 4.27. The summed E-state index contributed by atoms with van der Waals surface area (Å²) in [5.74, 6) is -0.901. The van der Waals surface area contributed by atoms with E-state index >= 15 is 0 Å². The SMILES string of the molecule is CCOC(=O)c1c(NC(=O)Cn2nc([N+](=O)[O-])c(Cl)c2C)sc2c1CCC(C)C2. The van der Waals surface area contributed by atoms with Crippen molar-refractivity contribution >= 4 is 45.6 Å². The maximum atomic E-state index is 12.6. The highest BCUT2D eigenvalue weighted by Crippen LogP contribution is 2.40. The monoisotopic (exact) mass is 440 g/mol. The quantitative estimate of drug-likeness (QED) is 0.415. The van der Waals surface area contributed by atoms with Gasteiger partial charge in [0.15, 0.2) is 5.02 Å². The summed E-state index contributed by atoms with van der Waals surface area (Å²) in [4.78, 5) is 36.5. The lowest BCUT2D eigenvalue weighted by atomic mass is 9.88. The average molecular weight is 441 g/mol. The Kier molecular flexibility index (Phi) is 6.23. The molecule has 1 atom stereocenters. The molecule has 0 fully saturated rings. The molecule has 2 aromatic heterocycles. The normalized spacial score (nSPS) is 15.7. The standard InChI is InChI=1S/C18H21ClN4O5S/c1-4-28-18(25)14-11-6-5-9(2)7-12(11)29-17(14)20-13(24)8-22-10(3)15(19)16(21-22)23(26)27/h9H,4-8H2,1-3H3,(H,20,24). The Bertz CT molecular complexity index is 984. The van der Waals surface area contributed by atoms with Gasteiger partial charge < -0.3 is 20.2 Å². The number of hydrogen-bond acceptors (Lipinski definition) is 7. The van der Waals surface area contributed by atoms with Crippen molar-refractivity contribution in [3.63, 3.8) is 0 Å². The van der Waals surface area contributed by atoms with Gasteiger partial charge in [0.05, 0.1) is 23.0 Å². The Labute approximate surface area is 176 Å². The molecule has 11 heteroatoms. The number of nitrogens with one attached hydrogen (secondary N) is 1. The topological polar surface area (TPSA) is 116 Å². The maximum Gasteiger partial charge on any atom is 0.408 e. The number of carbonyl (C=O) groups is 2. The fraction of sp³-hybridized carbons (Fsp3) is 0.500. The molecule has 0 saturated carbocycles. The molecule has 9 nitrogen and oxygen atoms in total. The van der Waals surface area contributed by atoms with Crippen LogP contribution in [0.5, 0.6) is 0 Å². The van der Waals surface area contributed by atoms with E-state index in [-0.39, 0.29) is 18.2 Å². The van der Waals surface area contributed by atoms with Crippen molar-refractivity contribution in [3.8, 4) is 0 Å². The molecule has 1 N–H and O–H groups in total.